The predicted molar refractivity (Wildman–Crippen MR) is 137 cm³/mol. The van der Waals surface area contributed by atoms with Crippen molar-refractivity contribution in [2.45, 2.75) is 115 Å². The molecule has 0 radical (unpaired) electrons. The Kier molecular flexibility index (Phi) is 5.95. The van der Waals surface area contributed by atoms with Gasteiger partial charge in [-0.25, -0.2) is 0 Å². The van der Waals surface area contributed by atoms with E-state index in [9.17, 15) is 4.79 Å². The lowest BCUT2D eigenvalue weighted by Crippen LogP contribution is -2.39. The molecule has 3 fully saturated rings. The molecule has 3 saturated carbocycles. The van der Waals surface area contributed by atoms with Crippen LogP contribution in [-0.2, 0) is 17.3 Å². The van der Waals surface area contributed by atoms with Gasteiger partial charge in [0.15, 0.2) is 0 Å². The van der Waals surface area contributed by atoms with Crippen LogP contribution in [0.1, 0.15) is 119 Å². The molecule has 0 atom stereocenters. The molecule has 1 amide bonds. The molecule has 0 spiro atoms. The zero-order valence-electron chi connectivity index (χ0n) is 21.2. The molecule has 178 valence electrons. The standard InChI is InChI=1S/C30H42N2O/c1-29(2,3)22-16-21(17-23(18-22)30(4)13-14-30)25-19-27(28(33)31-24-11-8-12-24)32-26(25)15-20-9-6-5-7-10-20/h16-20,24,32H,5-15H2,1-4H3,(H,31,33). The van der Waals surface area contributed by atoms with Gasteiger partial charge in [-0.3, -0.25) is 4.79 Å². The molecule has 5 rings (SSSR count). The average molecular weight is 447 g/mol. The summed E-state index contributed by atoms with van der Waals surface area (Å²) in [5, 5.41) is 3.24. The summed E-state index contributed by atoms with van der Waals surface area (Å²) in [7, 11) is 0. The van der Waals surface area contributed by atoms with Crippen LogP contribution in [0.15, 0.2) is 24.3 Å². The van der Waals surface area contributed by atoms with Crippen LogP contribution < -0.4 is 5.32 Å². The summed E-state index contributed by atoms with van der Waals surface area (Å²) in [6.45, 7) is 9.32. The highest BCUT2D eigenvalue weighted by Crippen LogP contribution is 2.49. The van der Waals surface area contributed by atoms with Crippen molar-refractivity contribution in [1.82, 2.24) is 10.3 Å². The number of H-pyrrole nitrogens is 1. The van der Waals surface area contributed by atoms with Gasteiger partial charge in [0.2, 0.25) is 0 Å². The maximum absolute atomic E-state index is 13.1. The number of hydrogen-bond acceptors (Lipinski definition) is 1. The second-order valence-corrected chi connectivity index (χ2v) is 12.5. The largest absolute Gasteiger partial charge is 0.354 e. The van der Waals surface area contributed by atoms with Gasteiger partial charge in [0.05, 0.1) is 0 Å². The van der Waals surface area contributed by atoms with E-state index in [2.05, 4.69) is 62.3 Å². The molecule has 0 bridgehead atoms. The third kappa shape index (κ3) is 4.93. The van der Waals surface area contributed by atoms with Crippen LogP contribution in [0.4, 0.5) is 0 Å². The summed E-state index contributed by atoms with van der Waals surface area (Å²) in [6.07, 6.45) is 13.8. The molecule has 3 aliphatic carbocycles. The lowest BCUT2D eigenvalue weighted by atomic mass is 9.81. The highest BCUT2D eigenvalue weighted by molar-refractivity contribution is 5.94. The van der Waals surface area contributed by atoms with Gasteiger partial charge in [-0.1, -0.05) is 78.0 Å². The molecule has 1 heterocycles. The second-order valence-electron chi connectivity index (χ2n) is 12.5. The lowest BCUT2D eigenvalue weighted by molar-refractivity contribution is 0.0912. The maximum Gasteiger partial charge on any atom is 0.267 e. The topological polar surface area (TPSA) is 44.9 Å². The summed E-state index contributed by atoms with van der Waals surface area (Å²) < 4.78 is 0. The van der Waals surface area contributed by atoms with Crippen molar-refractivity contribution >= 4 is 5.91 Å². The van der Waals surface area contributed by atoms with Gasteiger partial charge in [-0.15, -0.1) is 0 Å². The van der Waals surface area contributed by atoms with Crippen molar-refractivity contribution in [3.05, 3.63) is 46.8 Å². The minimum Gasteiger partial charge on any atom is -0.354 e. The van der Waals surface area contributed by atoms with Crippen LogP contribution in [-0.4, -0.2) is 16.9 Å². The number of aromatic nitrogens is 1. The fourth-order valence-electron chi connectivity index (χ4n) is 5.57. The van der Waals surface area contributed by atoms with Gasteiger partial charge < -0.3 is 10.3 Å². The summed E-state index contributed by atoms with van der Waals surface area (Å²) in [5.41, 5.74) is 7.82. The quantitative estimate of drug-likeness (QED) is 0.476. The van der Waals surface area contributed by atoms with Crippen molar-refractivity contribution in [1.29, 1.82) is 0 Å². The first-order valence-corrected chi connectivity index (χ1v) is 13.4. The number of carbonyl (C=O) groups excluding carboxylic acids is 1. The normalized spacial score (nSPS) is 21.0. The molecule has 33 heavy (non-hydrogen) atoms. The van der Waals surface area contributed by atoms with Gasteiger partial charge in [0.1, 0.15) is 5.69 Å². The third-order valence-corrected chi connectivity index (χ3v) is 8.61. The van der Waals surface area contributed by atoms with E-state index in [1.54, 1.807) is 0 Å². The molecule has 1 aromatic carbocycles. The van der Waals surface area contributed by atoms with Crippen LogP contribution in [0.5, 0.6) is 0 Å². The molecule has 0 aliphatic heterocycles. The van der Waals surface area contributed by atoms with Crippen molar-refractivity contribution in [2.75, 3.05) is 0 Å². The van der Waals surface area contributed by atoms with E-state index in [0.29, 0.717) is 11.5 Å². The summed E-state index contributed by atoms with van der Waals surface area (Å²) in [6, 6.07) is 9.75. The smallest absolute Gasteiger partial charge is 0.267 e. The Hall–Kier alpha value is -2.03. The lowest BCUT2D eigenvalue weighted by Gasteiger charge is -2.26. The Morgan fingerprint density at radius 2 is 1.73 bits per heavy atom. The molecular weight excluding hydrogens is 404 g/mol. The highest BCUT2D eigenvalue weighted by atomic mass is 16.1. The van der Waals surface area contributed by atoms with Gasteiger partial charge in [-0.05, 0) is 78.0 Å². The van der Waals surface area contributed by atoms with E-state index in [4.69, 9.17) is 0 Å². The Morgan fingerprint density at radius 3 is 2.33 bits per heavy atom. The number of carbonyl (C=O) groups is 1. The van der Waals surface area contributed by atoms with Crippen LogP contribution in [0, 0.1) is 5.92 Å². The first-order valence-electron chi connectivity index (χ1n) is 13.4. The van der Waals surface area contributed by atoms with Crippen LogP contribution in [0.3, 0.4) is 0 Å². The first-order chi connectivity index (χ1) is 15.7. The predicted octanol–water partition coefficient (Wildman–Crippen LogP) is 7.44. The van der Waals surface area contributed by atoms with Crippen molar-refractivity contribution < 1.29 is 4.79 Å². The Bertz CT molecular complexity index is 987. The third-order valence-electron chi connectivity index (χ3n) is 8.61. The Labute approximate surface area is 200 Å². The summed E-state index contributed by atoms with van der Waals surface area (Å²) >= 11 is 0. The van der Waals surface area contributed by atoms with Crippen molar-refractivity contribution in [3.63, 3.8) is 0 Å². The monoisotopic (exact) mass is 446 g/mol. The van der Waals surface area contributed by atoms with Gasteiger partial charge in [0, 0.05) is 17.3 Å². The van der Waals surface area contributed by atoms with E-state index in [-0.39, 0.29) is 11.3 Å². The van der Waals surface area contributed by atoms with Crippen LogP contribution >= 0.6 is 0 Å². The van der Waals surface area contributed by atoms with E-state index in [1.807, 2.05) is 0 Å². The second kappa shape index (κ2) is 8.64. The molecule has 3 heteroatoms. The molecule has 2 N–H and O–H groups in total. The highest BCUT2D eigenvalue weighted by Gasteiger charge is 2.40. The summed E-state index contributed by atoms with van der Waals surface area (Å²) in [5.74, 6) is 0.794. The summed E-state index contributed by atoms with van der Waals surface area (Å²) in [4.78, 5) is 16.7. The Balaban J connectivity index is 1.54. The number of hydrogen-bond donors (Lipinski definition) is 2. The molecule has 0 saturated heterocycles. The number of rotatable bonds is 6. The maximum atomic E-state index is 13.1. The zero-order chi connectivity index (χ0) is 23.2. The molecule has 3 nitrogen and oxygen atoms in total. The minimum absolute atomic E-state index is 0.0669. The van der Waals surface area contributed by atoms with Crippen molar-refractivity contribution in [2.24, 2.45) is 5.92 Å². The zero-order valence-corrected chi connectivity index (χ0v) is 21.2. The fourth-order valence-corrected chi connectivity index (χ4v) is 5.57. The molecular formula is C30H42N2O. The molecule has 2 aromatic rings. The first kappa shape index (κ1) is 22.7. The van der Waals surface area contributed by atoms with E-state index in [1.165, 1.54) is 79.3 Å². The SMILES string of the molecule is CC(C)(C)c1cc(-c2cc(C(=O)NC3CCC3)[nH]c2CC2CCCCC2)cc(C2(C)CC2)c1. The minimum atomic E-state index is 0.0669. The number of nitrogens with one attached hydrogen (secondary N) is 2. The van der Waals surface area contributed by atoms with E-state index in [0.717, 1.165) is 30.9 Å². The van der Waals surface area contributed by atoms with E-state index < -0.39 is 0 Å². The Morgan fingerprint density at radius 1 is 1.00 bits per heavy atom. The average Bonchev–Trinajstić information content (AvgIpc) is 3.37. The van der Waals surface area contributed by atoms with Gasteiger partial charge in [0.25, 0.3) is 5.91 Å². The van der Waals surface area contributed by atoms with E-state index >= 15 is 0 Å². The van der Waals surface area contributed by atoms with Crippen LogP contribution in [0.2, 0.25) is 0 Å². The fraction of sp³-hybridized carbons (Fsp3) is 0.633. The van der Waals surface area contributed by atoms with Crippen molar-refractivity contribution in [3.8, 4) is 11.1 Å². The number of amides is 1. The molecule has 1 aromatic heterocycles. The van der Waals surface area contributed by atoms with Gasteiger partial charge in [-0.2, -0.15) is 0 Å². The van der Waals surface area contributed by atoms with Gasteiger partial charge >= 0.3 is 0 Å². The number of benzene rings is 1. The molecule has 0 unspecified atom stereocenters. The molecule has 3 aliphatic rings. The van der Waals surface area contributed by atoms with Crippen LogP contribution in [0.25, 0.3) is 11.1 Å². The number of aromatic amines is 1.